The van der Waals surface area contributed by atoms with E-state index >= 15 is 0 Å². The van der Waals surface area contributed by atoms with Crippen molar-refractivity contribution in [3.05, 3.63) is 39.2 Å². The number of carbonyl (C=O) groups excluding carboxylic acids is 1. The predicted molar refractivity (Wildman–Crippen MR) is 66.3 cm³/mol. The highest BCUT2D eigenvalue weighted by molar-refractivity contribution is 9.10. The highest BCUT2D eigenvalue weighted by Gasteiger charge is 2.18. The van der Waals surface area contributed by atoms with Crippen molar-refractivity contribution in [2.75, 3.05) is 0 Å². The van der Waals surface area contributed by atoms with Gasteiger partial charge < -0.3 is 5.73 Å². The van der Waals surface area contributed by atoms with E-state index in [1.54, 1.807) is 6.08 Å². The van der Waals surface area contributed by atoms with Crippen LogP contribution in [0.25, 0.3) is 6.08 Å². The molecule has 3 nitrogen and oxygen atoms in total. The average molecular weight is 283 g/mol. The highest BCUT2D eigenvalue weighted by atomic mass is 79.9. The Bertz CT molecular complexity index is 465. The zero-order valence-electron chi connectivity index (χ0n) is 7.61. The molecule has 0 fully saturated rings. The minimum atomic E-state index is -0.264. The number of benzene rings is 1. The van der Waals surface area contributed by atoms with E-state index in [1.165, 1.54) is 11.8 Å². The second-order valence-electron chi connectivity index (χ2n) is 2.92. The number of amidine groups is 1. The first-order valence-electron chi connectivity index (χ1n) is 4.19. The Morgan fingerprint density at radius 2 is 2.00 bits per heavy atom. The number of aliphatic imine (C=N–C) groups is 1. The molecule has 15 heavy (non-hydrogen) atoms. The highest BCUT2D eigenvalue weighted by Crippen LogP contribution is 2.26. The lowest BCUT2D eigenvalue weighted by atomic mass is 10.2. The largest absolute Gasteiger partial charge is 0.378 e. The molecule has 5 heteroatoms. The first kappa shape index (κ1) is 10.4. The molecular formula is C10H7BrN2OS. The van der Waals surface area contributed by atoms with Gasteiger partial charge in [0.15, 0.2) is 5.17 Å². The molecule has 0 saturated heterocycles. The number of halogens is 1. The molecule has 0 radical (unpaired) electrons. The average Bonchev–Trinajstić information content (AvgIpc) is 2.49. The summed E-state index contributed by atoms with van der Waals surface area (Å²) < 4.78 is 1.01. The van der Waals surface area contributed by atoms with Crippen molar-refractivity contribution in [2.45, 2.75) is 0 Å². The topological polar surface area (TPSA) is 55.4 Å². The van der Waals surface area contributed by atoms with Crippen LogP contribution in [0.4, 0.5) is 0 Å². The van der Waals surface area contributed by atoms with Gasteiger partial charge in [0.1, 0.15) is 0 Å². The normalized spacial score (nSPS) is 18.3. The number of amides is 1. The molecule has 76 valence electrons. The van der Waals surface area contributed by atoms with Crippen LogP contribution in [-0.4, -0.2) is 11.1 Å². The van der Waals surface area contributed by atoms with Crippen LogP contribution >= 0.6 is 27.7 Å². The van der Waals surface area contributed by atoms with E-state index in [-0.39, 0.29) is 5.91 Å². The Balaban J connectivity index is 2.25. The van der Waals surface area contributed by atoms with E-state index in [9.17, 15) is 4.79 Å². The third-order valence-electron chi connectivity index (χ3n) is 1.80. The van der Waals surface area contributed by atoms with Gasteiger partial charge in [-0.25, -0.2) is 0 Å². The molecule has 2 N–H and O–H groups in total. The van der Waals surface area contributed by atoms with Crippen LogP contribution < -0.4 is 5.73 Å². The summed E-state index contributed by atoms with van der Waals surface area (Å²) in [6.07, 6.45) is 1.78. The van der Waals surface area contributed by atoms with Crippen LogP contribution in [0.15, 0.2) is 38.6 Å². The molecule has 2 rings (SSSR count). The Morgan fingerprint density at radius 1 is 1.33 bits per heavy atom. The summed E-state index contributed by atoms with van der Waals surface area (Å²) in [6, 6.07) is 7.67. The van der Waals surface area contributed by atoms with Crippen molar-refractivity contribution in [3.8, 4) is 0 Å². The fourth-order valence-corrected chi connectivity index (χ4v) is 2.08. The van der Waals surface area contributed by atoms with Gasteiger partial charge in [0.05, 0.1) is 4.91 Å². The lowest BCUT2D eigenvalue weighted by molar-refractivity contribution is -0.113. The van der Waals surface area contributed by atoms with Gasteiger partial charge in [-0.15, -0.1) is 0 Å². The molecule has 0 unspecified atom stereocenters. The minimum absolute atomic E-state index is 0.264. The lowest BCUT2D eigenvalue weighted by Crippen LogP contribution is -2.01. The number of rotatable bonds is 1. The van der Waals surface area contributed by atoms with E-state index in [0.717, 1.165) is 10.0 Å². The fourth-order valence-electron chi connectivity index (χ4n) is 1.14. The molecule has 1 aliphatic rings. The Hall–Kier alpha value is -1.07. The van der Waals surface area contributed by atoms with Crippen molar-refractivity contribution in [1.82, 2.24) is 0 Å². The minimum Gasteiger partial charge on any atom is -0.378 e. The Morgan fingerprint density at radius 3 is 2.53 bits per heavy atom. The molecule has 0 atom stereocenters. The second kappa shape index (κ2) is 4.20. The van der Waals surface area contributed by atoms with Crippen LogP contribution in [0, 0.1) is 0 Å². The predicted octanol–water partition coefficient (Wildman–Crippen LogP) is 2.38. The number of nitrogens with zero attached hydrogens (tertiary/aromatic N) is 1. The van der Waals surface area contributed by atoms with E-state index in [2.05, 4.69) is 20.9 Å². The first-order valence-corrected chi connectivity index (χ1v) is 5.80. The van der Waals surface area contributed by atoms with Gasteiger partial charge in [0, 0.05) is 4.47 Å². The smallest absolute Gasteiger partial charge is 0.286 e. The number of hydrogen-bond acceptors (Lipinski definition) is 3. The van der Waals surface area contributed by atoms with Gasteiger partial charge in [0.2, 0.25) is 0 Å². The zero-order valence-corrected chi connectivity index (χ0v) is 10.0. The molecule has 1 aromatic carbocycles. The molecule has 0 bridgehead atoms. The Labute approximate surface area is 99.6 Å². The summed E-state index contributed by atoms with van der Waals surface area (Å²) in [6.45, 7) is 0. The summed E-state index contributed by atoms with van der Waals surface area (Å²) in [5.41, 5.74) is 6.39. The van der Waals surface area contributed by atoms with Crippen molar-refractivity contribution in [1.29, 1.82) is 0 Å². The fraction of sp³-hybridized carbons (Fsp3) is 0. The zero-order chi connectivity index (χ0) is 10.8. The molecule has 0 spiro atoms. The molecule has 1 heterocycles. The second-order valence-corrected chi connectivity index (χ2v) is 4.90. The molecule has 1 aromatic rings. The summed E-state index contributed by atoms with van der Waals surface area (Å²) in [7, 11) is 0. The number of thioether (sulfide) groups is 1. The summed E-state index contributed by atoms with van der Waals surface area (Å²) in [5, 5.41) is 0.309. The monoisotopic (exact) mass is 282 g/mol. The number of nitrogens with two attached hydrogens (primary N) is 1. The van der Waals surface area contributed by atoms with Crippen LogP contribution in [0.2, 0.25) is 0 Å². The third kappa shape index (κ3) is 2.49. The lowest BCUT2D eigenvalue weighted by Gasteiger charge is -1.95. The standard InChI is InChI=1S/C10H7BrN2OS/c11-7-3-1-6(2-4-7)5-8-9(14)13-10(12)15-8/h1-5H,(H2,12,13,14)/b8-5+. The first-order chi connectivity index (χ1) is 7.15. The van der Waals surface area contributed by atoms with Crippen molar-refractivity contribution >= 4 is 44.8 Å². The van der Waals surface area contributed by atoms with Crippen LogP contribution in [0.5, 0.6) is 0 Å². The van der Waals surface area contributed by atoms with E-state index in [1.807, 2.05) is 24.3 Å². The summed E-state index contributed by atoms with van der Waals surface area (Å²) in [4.78, 5) is 15.5. The molecule has 0 saturated carbocycles. The summed E-state index contributed by atoms with van der Waals surface area (Å²) in [5.74, 6) is -0.264. The van der Waals surface area contributed by atoms with Crippen molar-refractivity contribution in [2.24, 2.45) is 10.7 Å². The maximum Gasteiger partial charge on any atom is 0.286 e. The maximum absolute atomic E-state index is 11.3. The van der Waals surface area contributed by atoms with Crippen LogP contribution in [-0.2, 0) is 4.79 Å². The van der Waals surface area contributed by atoms with Gasteiger partial charge in [0.25, 0.3) is 5.91 Å². The van der Waals surface area contributed by atoms with Crippen molar-refractivity contribution < 1.29 is 4.79 Å². The SMILES string of the molecule is NC1=NC(=O)/C(=C\c2ccc(Br)cc2)S1. The van der Waals surface area contributed by atoms with Gasteiger partial charge in [-0.05, 0) is 35.5 Å². The molecular weight excluding hydrogens is 276 g/mol. The number of hydrogen-bond donors (Lipinski definition) is 1. The summed E-state index contributed by atoms with van der Waals surface area (Å²) >= 11 is 4.54. The van der Waals surface area contributed by atoms with Crippen LogP contribution in [0.1, 0.15) is 5.56 Å². The number of carbonyl (C=O) groups is 1. The van der Waals surface area contributed by atoms with Gasteiger partial charge in [-0.1, -0.05) is 28.1 Å². The quantitative estimate of drug-likeness (QED) is 0.805. The van der Waals surface area contributed by atoms with Crippen LogP contribution in [0.3, 0.4) is 0 Å². The van der Waals surface area contributed by atoms with E-state index < -0.39 is 0 Å². The Kier molecular flexibility index (Phi) is 2.93. The molecule has 0 aromatic heterocycles. The van der Waals surface area contributed by atoms with Crippen molar-refractivity contribution in [3.63, 3.8) is 0 Å². The van der Waals surface area contributed by atoms with Gasteiger partial charge >= 0.3 is 0 Å². The third-order valence-corrected chi connectivity index (χ3v) is 3.15. The molecule has 1 aliphatic heterocycles. The maximum atomic E-state index is 11.3. The van der Waals surface area contributed by atoms with E-state index in [0.29, 0.717) is 10.1 Å². The van der Waals surface area contributed by atoms with Gasteiger partial charge in [-0.2, -0.15) is 4.99 Å². The molecule has 1 amide bonds. The van der Waals surface area contributed by atoms with Gasteiger partial charge in [-0.3, -0.25) is 4.79 Å². The van der Waals surface area contributed by atoms with E-state index in [4.69, 9.17) is 5.73 Å². The molecule has 0 aliphatic carbocycles.